The first-order valence-electron chi connectivity index (χ1n) is 4.24. The molecule has 0 atom stereocenters. The van der Waals surface area contributed by atoms with Crippen LogP contribution in [0.2, 0.25) is 0 Å². The van der Waals surface area contributed by atoms with Gasteiger partial charge in [0.1, 0.15) is 5.69 Å². The fourth-order valence-corrected chi connectivity index (χ4v) is 2.12. The van der Waals surface area contributed by atoms with Crippen molar-refractivity contribution in [2.24, 2.45) is 5.14 Å². The van der Waals surface area contributed by atoms with E-state index in [-0.39, 0.29) is 11.5 Å². The molecule has 1 aromatic rings. The number of hydrogen-bond acceptors (Lipinski definition) is 5. The summed E-state index contributed by atoms with van der Waals surface area (Å²) >= 11 is 0. The summed E-state index contributed by atoms with van der Waals surface area (Å²) in [5.74, 6) is -0.485. The Bertz CT molecular complexity index is 519. The lowest BCUT2D eigenvalue weighted by atomic mass is 10.3. The zero-order valence-electron chi connectivity index (χ0n) is 8.98. The highest BCUT2D eigenvalue weighted by Gasteiger charge is 2.29. The van der Waals surface area contributed by atoms with Crippen molar-refractivity contribution < 1.29 is 26.7 Å². The van der Waals surface area contributed by atoms with Gasteiger partial charge in [0.05, 0.1) is 20.4 Å². The van der Waals surface area contributed by atoms with Crippen LogP contribution in [-0.4, -0.2) is 27.6 Å². The number of hydrogen-bond donors (Lipinski definition) is 1. The largest absolute Gasteiger partial charge is 0.491 e. The third-order valence-electron chi connectivity index (χ3n) is 1.90. The van der Waals surface area contributed by atoms with Gasteiger partial charge >= 0.3 is 0 Å². The normalized spacial score (nSPS) is 11.6. The number of alkyl halides is 2. The van der Waals surface area contributed by atoms with Gasteiger partial charge in [0.25, 0.3) is 6.43 Å². The van der Waals surface area contributed by atoms with Crippen LogP contribution in [-0.2, 0) is 10.0 Å². The maximum absolute atomic E-state index is 12.6. The number of halogens is 2. The molecule has 0 aliphatic carbocycles. The molecule has 0 aromatic carbocycles. The first-order valence-corrected chi connectivity index (χ1v) is 5.79. The van der Waals surface area contributed by atoms with Crippen molar-refractivity contribution in [3.8, 4) is 11.5 Å². The first kappa shape index (κ1) is 13.6. The van der Waals surface area contributed by atoms with E-state index in [1.165, 1.54) is 7.11 Å². The predicted octanol–water partition coefficient (Wildman–Crippen LogP) is 0.684. The van der Waals surface area contributed by atoms with Crippen molar-refractivity contribution in [2.45, 2.75) is 11.3 Å². The van der Waals surface area contributed by atoms with Gasteiger partial charge in [-0.3, -0.25) is 0 Å². The third-order valence-corrected chi connectivity index (χ3v) is 2.86. The number of nitrogens with two attached hydrogens (primary N) is 1. The molecular weight excluding hydrogens is 258 g/mol. The van der Waals surface area contributed by atoms with Crippen molar-refractivity contribution in [3.63, 3.8) is 0 Å². The molecule has 17 heavy (non-hydrogen) atoms. The zero-order chi connectivity index (χ0) is 13.2. The van der Waals surface area contributed by atoms with E-state index in [2.05, 4.69) is 4.98 Å². The molecule has 9 heteroatoms. The fraction of sp³-hybridized carbons (Fsp3) is 0.375. The van der Waals surface area contributed by atoms with E-state index in [1.54, 1.807) is 0 Å². The van der Waals surface area contributed by atoms with E-state index in [0.717, 1.165) is 13.3 Å². The molecule has 6 nitrogen and oxygen atoms in total. The average molecular weight is 268 g/mol. The molecule has 0 radical (unpaired) electrons. The summed E-state index contributed by atoms with van der Waals surface area (Å²) in [5.41, 5.74) is -0.967. The van der Waals surface area contributed by atoms with Gasteiger partial charge in [0, 0.05) is 0 Å². The number of ether oxygens (including phenoxy) is 2. The zero-order valence-corrected chi connectivity index (χ0v) is 9.79. The second-order valence-corrected chi connectivity index (χ2v) is 4.42. The van der Waals surface area contributed by atoms with Gasteiger partial charge in [-0.2, -0.15) is 0 Å². The van der Waals surface area contributed by atoms with Crippen molar-refractivity contribution in [1.29, 1.82) is 0 Å². The number of pyridine rings is 1. The summed E-state index contributed by atoms with van der Waals surface area (Å²) in [6, 6.07) is 0. The summed E-state index contributed by atoms with van der Waals surface area (Å²) in [6.45, 7) is 0. The molecule has 0 bridgehead atoms. The SMILES string of the molecule is COc1cnc(C(F)F)c(S(N)(=O)=O)c1OC. The van der Waals surface area contributed by atoms with Gasteiger partial charge in [-0.1, -0.05) is 0 Å². The molecule has 1 aromatic heterocycles. The third kappa shape index (κ3) is 2.61. The number of methoxy groups -OCH3 is 2. The van der Waals surface area contributed by atoms with Gasteiger partial charge in [-0.05, 0) is 0 Å². The average Bonchev–Trinajstić information content (AvgIpc) is 2.25. The lowest BCUT2D eigenvalue weighted by molar-refractivity contribution is 0.141. The molecule has 0 fully saturated rings. The van der Waals surface area contributed by atoms with Crippen molar-refractivity contribution in [2.75, 3.05) is 14.2 Å². The Balaban J connectivity index is 3.69. The number of rotatable bonds is 4. The monoisotopic (exact) mass is 268 g/mol. The van der Waals surface area contributed by atoms with Crippen LogP contribution in [0, 0.1) is 0 Å². The minimum Gasteiger partial charge on any atom is -0.491 e. The Morgan fingerprint density at radius 1 is 1.35 bits per heavy atom. The maximum atomic E-state index is 12.6. The number of primary sulfonamides is 1. The molecule has 1 heterocycles. The van der Waals surface area contributed by atoms with Gasteiger partial charge < -0.3 is 9.47 Å². The lowest BCUT2D eigenvalue weighted by Gasteiger charge is -2.13. The van der Waals surface area contributed by atoms with Gasteiger partial charge in [-0.25, -0.2) is 27.3 Å². The summed E-state index contributed by atoms with van der Waals surface area (Å²) in [5, 5.41) is 4.86. The van der Waals surface area contributed by atoms with Crippen LogP contribution in [0.25, 0.3) is 0 Å². The predicted molar refractivity (Wildman–Crippen MR) is 53.7 cm³/mol. The Hall–Kier alpha value is -1.48. The molecule has 0 spiro atoms. The Morgan fingerprint density at radius 2 is 1.94 bits per heavy atom. The van der Waals surface area contributed by atoms with Crippen LogP contribution in [0.4, 0.5) is 8.78 Å². The molecule has 0 aliphatic rings. The number of aromatic nitrogens is 1. The second kappa shape index (κ2) is 4.80. The molecule has 1 rings (SSSR count). The topological polar surface area (TPSA) is 91.5 Å². The molecule has 96 valence electrons. The molecule has 0 unspecified atom stereocenters. The summed E-state index contributed by atoms with van der Waals surface area (Å²) in [4.78, 5) is 2.44. The van der Waals surface area contributed by atoms with E-state index in [9.17, 15) is 17.2 Å². The van der Waals surface area contributed by atoms with Crippen molar-refractivity contribution in [3.05, 3.63) is 11.9 Å². The molecule has 0 aliphatic heterocycles. The van der Waals surface area contributed by atoms with E-state index in [4.69, 9.17) is 14.6 Å². The smallest absolute Gasteiger partial charge is 0.281 e. The maximum Gasteiger partial charge on any atom is 0.281 e. The lowest BCUT2D eigenvalue weighted by Crippen LogP contribution is -2.17. The highest BCUT2D eigenvalue weighted by Crippen LogP contribution is 2.37. The van der Waals surface area contributed by atoms with Crippen LogP contribution in [0.15, 0.2) is 11.1 Å². The van der Waals surface area contributed by atoms with Gasteiger partial charge in [-0.15, -0.1) is 0 Å². The molecule has 0 amide bonds. The van der Waals surface area contributed by atoms with Crippen LogP contribution in [0.5, 0.6) is 11.5 Å². The van der Waals surface area contributed by atoms with Crippen LogP contribution >= 0.6 is 0 Å². The van der Waals surface area contributed by atoms with Crippen LogP contribution in [0.3, 0.4) is 0 Å². The number of sulfonamides is 1. The first-order chi connectivity index (χ1) is 7.82. The van der Waals surface area contributed by atoms with E-state index in [0.29, 0.717) is 0 Å². The summed E-state index contributed by atoms with van der Waals surface area (Å²) in [6.07, 6.45) is -2.15. The van der Waals surface area contributed by atoms with Gasteiger partial charge in [0.15, 0.2) is 16.4 Å². The number of nitrogens with zero attached hydrogens (tertiary/aromatic N) is 1. The van der Waals surface area contributed by atoms with Crippen LogP contribution in [0.1, 0.15) is 12.1 Å². The molecule has 2 N–H and O–H groups in total. The van der Waals surface area contributed by atoms with Crippen molar-refractivity contribution >= 4 is 10.0 Å². The highest BCUT2D eigenvalue weighted by atomic mass is 32.2. The molecule has 0 saturated heterocycles. The quantitative estimate of drug-likeness (QED) is 0.867. The second-order valence-electron chi connectivity index (χ2n) is 2.92. The Labute approximate surface area is 96.4 Å². The standard InChI is InChI=1S/C8H10F2N2O4S/c1-15-4-3-12-5(8(9)10)7(6(4)16-2)17(11,13)14/h3,8H,1-2H3,(H2,11,13,14). The molecular formula is C8H10F2N2O4S. The molecule has 0 saturated carbocycles. The van der Waals surface area contributed by atoms with E-state index in [1.807, 2.05) is 0 Å². The Morgan fingerprint density at radius 3 is 2.29 bits per heavy atom. The summed E-state index contributed by atoms with van der Waals surface area (Å²) < 4.78 is 57.3. The highest BCUT2D eigenvalue weighted by molar-refractivity contribution is 7.89. The van der Waals surface area contributed by atoms with E-state index >= 15 is 0 Å². The fourth-order valence-electron chi connectivity index (χ4n) is 1.24. The van der Waals surface area contributed by atoms with Crippen molar-refractivity contribution in [1.82, 2.24) is 4.98 Å². The van der Waals surface area contributed by atoms with Crippen LogP contribution < -0.4 is 14.6 Å². The van der Waals surface area contributed by atoms with Gasteiger partial charge in [0.2, 0.25) is 10.0 Å². The summed E-state index contributed by atoms with van der Waals surface area (Å²) in [7, 11) is -2.07. The van der Waals surface area contributed by atoms with E-state index < -0.39 is 27.0 Å². The minimum atomic E-state index is -4.40. The minimum absolute atomic E-state index is 0.0964. The Kier molecular flexibility index (Phi) is 3.83.